The van der Waals surface area contributed by atoms with E-state index in [2.05, 4.69) is 21.9 Å². The summed E-state index contributed by atoms with van der Waals surface area (Å²) in [5, 5.41) is 9.19. The Hall–Kier alpha value is -2.41. The van der Waals surface area contributed by atoms with Gasteiger partial charge in [-0.3, -0.25) is 9.78 Å². The summed E-state index contributed by atoms with van der Waals surface area (Å²) in [6, 6.07) is 2.78. The standard InChI is InChI=1S/C13H16N6O3/c14-4-1-5-18-7-19(9-3-2-8(6-20)22-9)11-10(18)12(21)17-13(15)16-11/h7-9,20H,2-4,6,14H2,(H2-,15,16,17,21)/p+1/t8-,9+/m0/s1. The summed E-state index contributed by atoms with van der Waals surface area (Å²) in [7, 11) is 0. The fraction of sp³-hybridized carbons (Fsp3) is 0.462. The number of aromatic amines is 1. The molecular formula is C13H17N6O3+. The highest BCUT2D eigenvalue weighted by atomic mass is 16.5. The fourth-order valence-electron chi connectivity index (χ4n) is 2.56. The molecule has 3 heterocycles. The highest BCUT2D eigenvalue weighted by molar-refractivity contribution is 5.68. The third-order valence-electron chi connectivity index (χ3n) is 3.52. The monoisotopic (exact) mass is 305 g/mol. The number of ether oxygens (including phenoxy) is 1. The number of aliphatic hydroxyl groups is 1. The zero-order chi connectivity index (χ0) is 15.7. The van der Waals surface area contributed by atoms with E-state index in [0.29, 0.717) is 12.1 Å². The van der Waals surface area contributed by atoms with Gasteiger partial charge in [0.15, 0.2) is 6.23 Å². The summed E-state index contributed by atoms with van der Waals surface area (Å²) in [5.74, 6) is 2.73. The lowest BCUT2D eigenvalue weighted by Gasteiger charge is -2.09. The van der Waals surface area contributed by atoms with Gasteiger partial charge in [-0.2, -0.15) is 4.57 Å². The molecule has 2 aromatic rings. The Morgan fingerprint density at radius 1 is 1.59 bits per heavy atom. The number of anilines is 1. The lowest BCUT2D eigenvalue weighted by Crippen LogP contribution is -2.39. The molecule has 1 aliphatic heterocycles. The number of nitrogens with one attached hydrogen (secondary N) is 1. The molecule has 9 nitrogen and oxygen atoms in total. The van der Waals surface area contributed by atoms with Crippen molar-refractivity contribution in [1.82, 2.24) is 14.5 Å². The van der Waals surface area contributed by atoms with Gasteiger partial charge < -0.3 is 21.3 Å². The molecule has 0 radical (unpaired) electrons. The van der Waals surface area contributed by atoms with E-state index in [1.807, 2.05) is 0 Å². The maximum atomic E-state index is 12.1. The number of nitrogens with two attached hydrogens (primary N) is 2. The van der Waals surface area contributed by atoms with Crippen LogP contribution in [0.2, 0.25) is 0 Å². The maximum absolute atomic E-state index is 12.1. The number of rotatable bonds is 2. The van der Waals surface area contributed by atoms with Crippen LogP contribution in [0.25, 0.3) is 11.2 Å². The predicted octanol–water partition coefficient (Wildman–Crippen LogP) is -1.97. The van der Waals surface area contributed by atoms with Gasteiger partial charge in [0, 0.05) is 6.42 Å². The summed E-state index contributed by atoms with van der Waals surface area (Å²) in [4.78, 5) is 18.8. The van der Waals surface area contributed by atoms with E-state index in [1.54, 1.807) is 10.9 Å². The molecular weight excluding hydrogens is 288 g/mol. The van der Waals surface area contributed by atoms with Gasteiger partial charge in [-0.25, -0.2) is 4.57 Å². The molecule has 1 saturated heterocycles. The number of imidazole rings is 1. The zero-order valence-corrected chi connectivity index (χ0v) is 11.8. The quantitative estimate of drug-likeness (QED) is 0.375. The molecule has 0 saturated carbocycles. The second kappa shape index (κ2) is 5.76. The summed E-state index contributed by atoms with van der Waals surface area (Å²) in [6.45, 7) is 0.130. The van der Waals surface area contributed by atoms with Crippen LogP contribution in [-0.4, -0.2) is 38.9 Å². The maximum Gasteiger partial charge on any atom is 0.314 e. The second-order valence-electron chi connectivity index (χ2n) is 4.98. The number of nitrogens with zero attached hydrogens (tertiary/aromatic N) is 3. The smallest absolute Gasteiger partial charge is 0.314 e. The number of hydrogen-bond acceptors (Lipinski definition) is 6. The van der Waals surface area contributed by atoms with Crippen molar-refractivity contribution in [2.24, 2.45) is 5.73 Å². The Morgan fingerprint density at radius 3 is 3.09 bits per heavy atom. The molecule has 9 heteroatoms. The molecule has 1 fully saturated rings. The predicted molar refractivity (Wildman–Crippen MR) is 77.4 cm³/mol. The molecule has 0 aromatic carbocycles. The van der Waals surface area contributed by atoms with Gasteiger partial charge in [0.2, 0.25) is 6.33 Å². The number of fused-ring (bicyclic) bond motifs is 1. The van der Waals surface area contributed by atoms with Crippen molar-refractivity contribution in [1.29, 1.82) is 0 Å². The van der Waals surface area contributed by atoms with Crippen molar-refractivity contribution >= 4 is 17.1 Å². The van der Waals surface area contributed by atoms with E-state index in [1.165, 1.54) is 4.57 Å². The van der Waals surface area contributed by atoms with Crippen LogP contribution in [0.15, 0.2) is 11.1 Å². The van der Waals surface area contributed by atoms with E-state index in [4.69, 9.17) is 16.2 Å². The lowest BCUT2D eigenvalue weighted by molar-refractivity contribution is -0.738. The van der Waals surface area contributed by atoms with Gasteiger partial charge in [-0.05, 0) is 12.3 Å². The number of nitrogen functional groups attached to an aromatic ring is 1. The van der Waals surface area contributed by atoms with Crippen LogP contribution < -0.4 is 21.6 Å². The first-order valence-corrected chi connectivity index (χ1v) is 6.91. The lowest BCUT2D eigenvalue weighted by atomic mass is 10.2. The molecule has 3 rings (SSSR count). The van der Waals surface area contributed by atoms with Crippen molar-refractivity contribution in [2.45, 2.75) is 25.2 Å². The van der Waals surface area contributed by atoms with Gasteiger partial charge in [0.1, 0.15) is 0 Å². The topological polar surface area (TPSA) is 136 Å². The Bertz CT molecular complexity index is 815. The molecule has 22 heavy (non-hydrogen) atoms. The Balaban J connectivity index is 2.16. The molecule has 0 amide bonds. The third-order valence-corrected chi connectivity index (χ3v) is 3.52. The van der Waals surface area contributed by atoms with Gasteiger partial charge in [0.25, 0.3) is 17.0 Å². The minimum atomic E-state index is -0.385. The first kappa shape index (κ1) is 14.5. The Kier molecular flexibility index (Phi) is 3.81. The second-order valence-corrected chi connectivity index (χ2v) is 4.98. The van der Waals surface area contributed by atoms with E-state index in [0.717, 1.165) is 6.42 Å². The van der Waals surface area contributed by atoms with Gasteiger partial charge in [-0.15, -0.1) is 0 Å². The summed E-state index contributed by atoms with van der Waals surface area (Å²) < 4.78 is 8.91. The molecule has 0 unspecified atom stereocenters. The highest BCUT2D eigenvalue weighted by Crippen LogP contribution is 2.24. The fourth-order valence-corrected chi connectivity index (χ4v) is 2.56. The van der Waals surface area contributed by atoms with E-state index in [-0.39, 0.29) is 42.5 Å². The molecule has 1 aliphatic rings. The van der Waals surface area contributed by atoms with Crippen LogP contribution in [0.1, 0.15) is 19.1 Å². The van der Waals surface area contributed by atoms with Crippen molar-refractivity contribution in [3.8, 4) is 12.0 Å². The minimum Gasteiger partial charge on any atom is -0.394 e. The van der Waals surface area contributed by atoms with E-state index >= 15 is 0 Å². The molecule has 0 aliphatic carbocycles. The molecule has 0 bridgehead atoms. The van der Waals surface area contributed by atoms with E-state index < -0.39 is 0 Å². The number of hydrogen-bond donors (Lipinski definition) is 4. The van der Waals surface area contributed by atoms with Crippen LogP contribution in [-0.2, 0) is 4.74 Å². The number of aromatic nitrogens is 4. The summed E-state index contributed by atoms with van der Waals surface area (Å²) in [6.07, 6.45) is 2.53. The largest absolute Gasteiger partial charge is 0.394 e. The van der Waals surface area contributed by atoms with Crippen molar-refractivity contribution in [3.63, 3.8) is 0 Å². The van der Waals surface area contributed by atoms with Crippen LogP contribution in [0.3, 0.4) is 0 Å². The first-order chi connectivity index (χ1) is 10.6. The first-order valence-electron chi connectivity index (χ1n) is 6.91. The normalized spacial score (nSPS) is 21.0. The Labute approximate surface area is 125 Å². The van der Waals surface area contributed by atoms with Crippen molar-refractivity contribution in [3.05, 3.63) is 16.7 Å². The number of aliphatic hydroxyl groups excluding tert-OH is 1. The minimum absolute atomic E-state index is 0.0208. The zero-order valence-electron chi connectivity index (χ0n) is 11.8. The van der Waals surface area contributed by atoms with E-state index in [9.17, 15) is 9.90 Å². The van der Waals surface area contributed by atoms with Gasteiger partial charge in [-0.1, -0.05) is 4.98 Å². The van der Waals surface area contributed by atoms with Gasteiger partial charge in [0.05, 0.1) is 25.3 Å². The van der Waals surface area contributed by atoms with Crippen LogP contribution in [0, 0.1) is 12.0 Å². The molecule has 6 N–H and O–H groups in total. The third kappa shape index (κ3) is 2.43. The molecule has 2 aromatic heterocycles. The van der Waals surface area contributed by atoms with Gasteiger partial charge >= 0.3 is 5.65 Å². The summed E-state index contributed by atoms with van der Waals surface area (Å²) in [5.41, 5.74) is 11.3. The highest BCUT2D eigenvalue weighted by Gasteiger charge is 2.33. The molecule has 0 spiro atoms. The Morgan fingerprint density at radius 2 is 2.41 bits per heavy atom. The van der Waals surface area contributed by atoms with Crippen molar-refractivity contribution in [2.75, 3.05) is 18.9 Å². The van der Waals surface area contributed by atoms with Crippen LogP contribution in [0.4, 0.5) is 5.95 Å². The van der Waals surface area contributed by atoms with Crippen molar-refractivity contribution < 1.29 is 14.4 Å². The van der Waals surface area contributed by atoms with Crippen LogP contribution in [0.5, 0.6) is 0 Å². The average Bonchev–Trinajstić information content (AvgIpc) is 3.09. The average molecular weight is 305 g/mol. The summed E-state index contributed by atoms with van der Waals surface area (Å²) >= 11 is 0. The molecule has 116 valence electrons. The molecule has 2 atom stereocenters. The number of H-pyrrole nitrogens is 1. The van der Waals surface area contributed by atoms with Crippen LogP contribution >= 0.6 is 0 Å². The SMILES string of the molecule is NCC#Cn1c[n+]([C@H]2CC[C@@H](CO)O2)c2nc(N)[nH]c(=O)c21.